The van der Waals surface area contributed by atoms with Gasteiger partial charge in [-0.05, 0) is 73.4 Å². The predicted octanol–water partition coefficient (Wildman–Crippen LogP) is 4.91. The van der Waals surface area contributed by atoms with E-state index in [2.05, 4.69) is 21.2 Å². The first-order valence-corrected chi connectivity index (χ1v) is 15.7. The van der Waals surface area contributed by atoms with Gasteiger partial charge in [0, 0.05) is 62.1 Å². The lowest BCUT2D eigenvalue weighted by Gasteiger charge is -2.45. The molecule has 6 rings (SSSR count). The zero-order chi connectivity index (χ0) is 29.9. The molecule has 1 fully saturated rings. The van der Waals surface area contributed by atoms with Gasteiger partial charge >= 0.3 is 0 Å². The van der Waals surface area contributed by atoms with Crippen LogP contribution in [0, 0.1) is 0 Å². The van der Waals surface area contributed by atoms with Crippen molar-refractivity contribution >= 4 is 29.1 Å². The maximum atomic E-state index is 14.1. The van der Waals surface area contributed by atoms with Crippen molar-refractivity contribution in [1.29, 1.82) is 0 Å². The third-order valence-corrected chi connectivity index (χ3v) is 8.98. The van der Waals surface area contributed by atoms with E-state index >= 15 is 0 Å². The van der Waals surface area contributed by atoms with Crippen molar-refractivity contribution in [2.24, 2.45) is 0 Å². The summed E-state index contributed by atoms with van der Waals surface area (Å²) in [6, 6.07) is 19.1. The van der Waals surface area contributed by atoms with E-state index in [1.807, 2.05) is 73.3 Å². The van der Waals surface area contributed by atoms with E-state index in [4.69, 9.17) is 21.1 Å². The Hall–Kier alpha value is -3.75. The molecule has 0 saturated carbocycles. The largest absolute Gasteiger partial charge is 0.490 e. The lowest BCUT2D eigenvalue weighted by Crippen LogP contribution is -2.51. The molecule has 0 spiro atoms. The highest BCUT2D eigenvalue weighted by Crippen LogP contribution is 2.48. The third-order valence-electron chi connectivity index (χ3n) is 8.74. The SMILES string of the molecule is CCOc1cc2c(cc1OCC)[C@@H]1[C@@H](C(=O)NCCN3CCN(c4cccc(Cl)c4)CC3)c3ccccc3C(=O)N1CC2. The highest BCUT2D eigenvalue weighted by atomic mass is 35.5. The first kappa shape index (κ1) is 29.3. The molecule has 0 unspecified atom stereocenters. The topological polar surface area (TPSA) is 74.4 Å². The van der Waals surface area contributed by atoms with Crippen LogP contribution >= 0.6 is 11.6 Å². The second-order valence-electron chi connectivity index (χ2n) is 11.2. The van der Waals surface area contributed by atoms with Crippen LogP contribution in [-0.4, -0.2) is 80.6 Å². The van der Waals surface area contributed by atoms with Crippen molar-refractivity contribution < 1.29 is 19.1 Å². The summed E-state index contributed by atoms with van der Waals surface area (Å²) < 4.78 is 11.8. The van der Waals surface area contributed by atoms with E-state index in [-0.39, 0.29) is 11.8 Å². The zero-order valence-electron chi connectivity index (χ0n) is 24.9. The van der Waals surface area contributed by atoms with Gasteiger partial charge in [-0.3, -0.25) is 14.5 Å². The summed E-state index contributed by atoms with van der Waals surface area (Å²) in [6.45, 7) is 10.4. The van der Waals surface area contributed by atoms with Crippen LogP contribution in [0.1, 0.15) is 52.9 Å². The highest BCUT2D eigenvalue weighted by molar-refractivity contribution is 6.30. The number of nitrogens with one attached hydrogen (secondary N) is 1. The molecule has 1 saturated heterocycles. The maximum Gasteiger partial charge on any atom is 0.254 e. The Kier molecular flexibility index (Phi) is 8.77. The lowest BCUT2D eigenvalue weighted by molar-refractivity contribution is -0.124. The van der Waals surface area contributed by atoms with Gasteiger partial charge in [-0.1, -0.05) is 35.9 Å². The number of carbonyl (C=O) groups excluding carboxylic acids is 2. The molecule has 1 N–H and O–H groups in total. The number of carbonyl (C=O) groups is 2. The minimum Gasteiger partial charge on any atom is -0.490 e. The van der Waals surface area contributed by atoms with Crippen molar-refractivity contribution in [3.8, 4) is 11.5 Å². The van der Waals surface area contributed by atoms with Crippen LogP contribution in [0.25, 0.3) is 0 Å². The Bertz CT molecular complexity index is 1490. The molecule has 9 heteroatoms. The van der Waals surface area contributed by atoms with E-state index < -0.39 is 12.0 Å². The summed E-state index contributed by atoms with van der Waals surface area (Å²) in [7, 11) is 0. The molecule has 3 heterocycles. The summed E-state index contributed by atoms with van der Waals surface area (Å²) >= 11 is 6.20. The Morgan fingerprint density at radius 3 is 2.40 bits per heavy atom. The van der Waals surface area contributed by atoms with Gasteiger partial charge in [-0.2, -0.15) is 0 Å². The molecule has 0 radical (unpaired) electrons. The summed E-state index contributed by atoms with van der Waals surface area (Å²) in [6.07, 6.45) is 0.696. The van der Waals surface area contributed by atoms with Crippen LogP contribution in [0.5, 0.6) is 11.5 Å². The summed E-state index contributed by atoms with van der Waals surface area (Å²) in [4.78, 5) is 34.4. The van der Waals surface area contributed by atoms with E-state index in [0.717, 1.165) is 60.1 Å². The molecule has 3 aromatic rings. The van der Waals surface area contributed by atoms with Gasteiger partial charge in [-0.15, -0.1) is 0 Å². The summed E-state index contributed by atoms with van der Waals surface area (Å²) in [5.41, 5.74) is 4.58. The number of fused-ring (bicyclic) bond motifs is 4. The number of benzene rings is 3. The second kappa shape index (κ2) is 12.9. The molecule has 0 aromatic heterocycles. The Morgan fingerprint density at radius 2 is 1.65 bits per heavy atom. The fourth-order valence-corrected chi connectivity index (χ4v) is 6.89. The minimum atomic E-state index is -0.528. The monoisotopic (exact) mass is 602 g/mol. The number of hydrogen-bond donors (Lipinski definition) is 1. The minimum absolute atomic E-state index is 0.0280. The van der Waals surface area contributed by atoms with E-state index in [1.54, 1.807) is 0 Å². The van der Waals surface area contributed by atoms with Gasteiger partial charge in [-0.25, -0.2) is 0 Å². The quantitative estimate of drug-likeness (QED) is 0.375. The number of halogens is 1. The van der Waals surface area contributed by atoms with Crippen LogP contribution < -0.4 is 19.7 Å². The Morgan fingerprint density at radius 1 is 0.907 bits per heavy atom. The number of rotatable bonds is 9. The van der Waals surface area contributed by atoms with E-state index in [9.17, 15) is 9.59 Å². The van der Waals surface area contributed by atoms with E-state index in [1.165, 1.54) is 0 Å². The Labute approximate surface area is 258 Å². The number of hydrogen-bond acceptors (Lipinski definition) is 6. The number of anilines is 1. The van der Waals surface area contributed by atoms with Gasteiger partial charge in [0.2, 0.25) is 5.91 Å². The van der Waals surface area contributed by atoms with Gasteiger partial charge < -0.3 is 24.6 Å². The van der Waals surface area contributed by atoms with Gasteiger partial charge in [0.05, 0.1) is 25.2 Å². The van der Waals surface area contributed by atoms with Crippen LogP contribution in [0.4, 0.5) is 5.69 Å². The van der Waals surface area contributed by atoms with Crippen LogP contribution in [-0.2, 0) is 11.2 Å². The van der Waals surface area contributed by atoms with Crippen LogP contribution in [0.15, 0.2) is 60.7 Å². The molecular formula is C34H39ClN4O4. The summed E-state index contributed by atoms with van der Waals surface area (Å²) in [5, 5.41) is 3.98. The van der Waals surface area contributed by atoms with Crippen molar-refractivity contribution in [2.75, 3.05) is 63.9 Å². The number of ether oxygens (including phenoxy) is 2. The molecule has 0 aliphatic carbocycles. The van der Waals surface area contributed by atoms with Crippen molar-refractivity contribution in [3.05, 3.63) is 87.9 Å². The molecule has 3 aromatic carbocycles. The molecule has 3 aliphatic heterocycles. The number of nitrogens with zero attached hydrogens (tertiary/aromatic N) is 3. The van der Waals surface area contributed by atoms with E-state index in [0.29, 0.717) is 49.8 Å². The molecular weight excluding hydrogens is 564 g/mol. The zero-order valence-corrected chi connectivity index (χ0v) is 25.6. The maximum absolute atomic E-state index is 14.1. The average molecular weight is 603 g/mol. The fraction of sp³-hybridized carbons (Fsp3) is 0.412. The Balaban J connectivity index is 1.20. The first-order chi connectivity index (χ1) is 21.0. The number of piperazine rings is 1. The van der Waals surface area contributed by atoms with Crippen molar-refractivity contribution in [2.45, 2.75) is 32.2 Å². The normalized spacial score (nSPS) is 19.7. The van der Waals surface area contributed by atoms with Crippen molar-refractivity contribution in [1.82, 2.24) is 15.1 Å². The highest BCUT2D eigenvalue weighted by Gasteiger charge is 2.46. The van der Waals surface area contributed by atoms with Crippen LogP contribution in [0.3, 0.4) is 0 Å². The van der Waals surface area contributed by atoms with Crippen molar-refractivity contribution in [3.63, 3.8) is 0 Å². The fourth-order valence-electron chi connectivity index (χ4n) is 6.70. The molecule has 3 aliphatic rings. The average Bonchev–Trinajstić information content (AvgIpc) is 3.02. The lowest BCUT2D eigenvalue weighted by atomic mass is 9.75. The second-order valence-corrected chi connectivity index (χ2v) is 11.7. The van der Waals surface area contributed by atoms with Gasteiger partial charge in [0.25, 0.3) is 5.91 Å². The molecule has 2 amide bonds. The first-order valence-electron chi connectivity index (χ1n) is 15.3. The molecule has 2 atom stereocenters. The number of amides is 2. The smallest absolute Gasteiger partial charge is 0.254 e. The molecule has 226 valence electrons. The van der Waals surface area contributed by atoms with Gasteiger partial charge in [0.15, 0.2) is 11.5 Å². The summed E-state index contributed by atoms with van der Waals surface area (Å²) in [5.74, 6) is 0.731. The van der Waals surface area contributed by atoms with Crippen LogP contribution in [0.2, 0.25) is 5.02 Å². The standard InChI is InChI=1S/C34H39ClN4O4/c1-3-42-29-20-23-12-14-39-32(28(23)22-30(29)43-4-2)31(26-10-5-6-11-27(26)34(39)41)33(40)36-13-15-37-16-18-38(19-17-37)25-9-7-8-24(35)21-25/h5-11,20-22,31-32H,3-4,12-19H2,1-2H3,(H,36,40)/t31-,32+/m0/s1. The predicted molar refractivity (Wildman–Crippen MR) is 169 cm³/mol. The molecule has 43 heavy (non-hydrogen) atoms. The molecule has 8 nitrogen and oxygen atoms in total. The third kappa shape index (κ3) is 5.91. The molecule has 0 bridgehead atoms. The van der Waals surface area contributed by atoms with Gasteiger partial charge in [0.1, 0.15) is 0 Å².